The maximum atomic E-state index is 4.25. The average Bonchev–Trinajstić information content (AvgIpc) is 2.50. The van der Waals surface area contributed by atoms with Crippen LogP contribution in [0.4, 0.5) is 0 Å². The van der Waals surface area contributed by atoms with Crippen LogP contribution in [0, 0.1) is 36.5 Å². The summed E-state index contributed by atoms with van der Waals surface area (Å²) in [4.78, 5) is 0. The molecule has 0 unspecified atom stereocenters. The number of hydrogen-bond acceptors (Lipinski definition) is 0. The van der Waals surface area contributed by atoms with Gasteiger partial charge in [0, 0.05) is 32.7 Å². The molecule has 0 N–H and O–H groups in total. The van der Waals surface area contributed by atoms with Gasteiger partial charge < -0.3 is 6.92 Å². The molecule has 0 heterocycles. The van der Waals surface area contributed by atoms with E-state index in [1.54, 1.807) is 44.9 Å². The van der Waals surface area contributed by atoms with Crippen LogP contribution in [0.1, 0.15) is 89.9 Å². The summed E-state index contributed by atoms with van der Waals surface area (Å²) in [5.41, 5.74) is 0. The predicted molar refractivity (Wildman–Crippen MR) is 87.4 cm³/mol. The summed E-state index contributed by atoms with van der Waals surface area (Å²) in [5.74, 6) is 5.13. The van der Waals surface area contributed by atoms with Crippen molar-refractivity contribution in [1.82, 2.24) is 0 Å². The van der Waals surface area contributed by atoms with E-state index in [2.05, 4.69) is 6.92 Å². The first-order chi connectivity index (χ1) is 9.81. The summed E-state index contributed by atoms with van der Waals surface area (Å²) < 4.78 is 0. The van der Waals surface area contributed by atoms with E-state index in [4.69, 9.17) is 0 Å². The summed E-state index contributed by atoms with van der Waals surface area (Å²) in [6, 6.07) is 0. The van der Waals surface area contributed by atoms with Crippen molar-refractivity contribution in [3.8, 4) is 0 Å². The third-order valence-electron chi connectivity index (χ3n) is 6.84. The molecule has 0 aliphatic heterocycles. The van der Waals surface area contributed by atoms with Gasteiger partial charge in [0.15, 0.2) is 0 Å². The van der Waals surface area contributed by atoms with Crippen molar-refractivity contribution in [2.45, 2.75) is 89.9 Å². The fourth-order valence-electron chi connectivity index (χ4n) is 5.45. The van der Waals surface area contributed by atoms with E-state index in [1.807, 2.05) is 0 Å². The van der Waals surface area contributed by atoms with Crippen LogP contribution in [0.2, 0.25) is 0 Å². The fourth-order valence-corrected chi connectivity index (χ4v) is 5.45. The Bertz CT molecular complexity index is 266. The van der Waals surface area contributed by atoms with Gasteiger partial charge in [-0.15, -0.1) is 0 Å². The summed E-state index contributed by atoms with van der Waals surface area (Å²) in [5, 5.41) is 0. The SMILES string of the molecule is [CH2-]C1CCC(C2CCC(CC3CCCCC3)CC2)CC1.[Y]. The van der Waals surface area contributed by atoms with Gasteiger partial charge in [0.2, 0.25) is 0 Å². The van der Waals surface area contributed by atoms with Crippen molar-refractivity contribution >= 4 is 0 Å². The average molecular weight is 364 g/mol. The van der Waals surface area contributed by atoms with Crippen LogP contribution in [0.15, 0.2) is 0 Å². The van der Waals surface area contributed by atoms with E-state index in [-0.39, 0.29) is 32.7 Å². The topological polar surface area (TPSA) is 0 Å². The van der Waals surface area contributed by atoms with E-state index in [9.17, 15) is 0 Å². The second kappa shape index (κ2) is 9.41. The molecule has 0 bridgehead atoms. The molecule has 3 rings (SSSR count). The third-order valence-corrected chi connectivity index (χ3v) is 6.84. The van der Waals surface area contributed by atoms with E-state index in [0.717, 1.165) is 29.6 Å². The molecule has 0 amide bonds. The summed E-state index contributed by atoms with van der Waals surface area (Å²) >= 11 is 0. The Morgan fingerprint density at radius 2 is 1.05 bits per heavy atom. The Kier molecular flexibility index (Phi) is 8.27. The molecular formula is C20H35Y-. The Morgan fingerprint density at radius 1 is 0.571 bits per heavy atom. The number of hydrogen-bond donors (Lipinski definition) is 0. The molecule has 0 saturated heterocycles. The van der Waals surface area contributed by atoms with Crippen molar-refractivity contribution < 1.29 is 32.7 Å². The van der Waals surface area contributed by atoms with E-state index in [1.165, 1.54) is 44.9 Å². The summed E-state index contributed by atoms with van der Waals surface area (Å²) in [6.45, 7) is 4.25. The maximum Gasteiger partial charge on any atom is 0 e. The van der Waals surface area contributed by atoms with Crippen molar-refractivity contribution in [2.24, 2.45) is 29.6 Å². The van der Waals surface area contributed by atoms with Crippen LogP contribution in [0.25, 0.3) is 0 Å². The third kappa shape index (κ3) is 5.59. The van der Waals surface area contributed by atoms with Crippen molar-refractivity contribution in [1.29, 1.82) is 0 Å². The van der Waals surface area contributed by atoms with E-state index >= 15 is 0 Å². The van der Waals surface area contributed by atoms with Crippen molar-refractivity contribution in [3.63, 3.8) is 0 Å². The molecule has 0 aromatic heterocycles. The molecule has 1 radical (unpaired) electrons. The first-order valence-electron chi connectivity index (χ1n) is 9.64. The van der Waals surface area contributed by atoms with Crippen molar-refractivity contribution in [2.75, 3.05) is 0 Å². The van der Waals surface area contributed by atoms with E-state index in [0.29, 0.717) is 0 Å². The molecule has 0 spiro atoms. The largest absolute Gasteiger partial charge is 0.340 e. The van der Waals surface area contributed by atoms with Gasteiger partial charge in [0.25, 0.3) is 0 Å². The first-order valence-corrected chi connectivity index (χ1v) is 9.64. The van der Waals surface area contributed by atoms with Crippen LogP contribution >= 0.6 is 0 Å². The maximum absolute atomic E-state index is 4.25. The van der Waals surface area contributed by atoms with E-state index < -0.39 is 0 Å². The first kappa shape index (κ1) is 18.4. The Labute approximate surface area is 158 Å². The predicted octanol–water partition coefficient (Wildman–Crippen LogP) is 6.40. The van der Waals surface area contributed by atoms with Crippen LogP contribution in [0.3, 0.4) is 0 Å². The second-order valence-corrected chi connectivity index (χ2v) is 8.30. The molecule has 0 nitrogen and oxygen atoms in total. The van der Waals surface area contributed by atoms with Gasteiger partial charge in [-0.05, 0) is 42.9 Å². The molecule has 1 heteroatoms. The molecule has 21 heavy (non-hydrogen) atoms. The molecule has 0 aromatic rings. The minimum Gasteiger partial charge on any atom is -0.340 e. The van der Waals surface area contributed by atoms with Gasteiger partial charge in [0.1, 0.15) is 0 Å². The Morgan fingerprint density at radius 3 is 1.62 bits per heavy atom. The molecule has 119 valence electrons. The van der Waals surface area contributed by atoms with Crippen LogP contribution < -0.4 is 0 Å². The summed E-state index contributed by atoms with van der Waals surface area (Å²) in [6.07, 6.45) is 21.3. The number of rotatable bonds is 3. The van der Waals surface area contributed by atoms with Gasteiger partial charge in [0.05, 0.1) is 0 Å². The van der Waals surface area contributed by atoms with Gasteiger partial charge >= 0.3 is 0 Å². The van der Waals surface area contributed by atoms with Crippen LogP contribution in [-0.4, -0.2) is 0 Å². The van der Waals surface area contributed by atoms with Crippen molar-refractivity contribution in [3.05, 3.63) is 6.92 Å². The molecule has 3 saturated carbocycles. The van der Waals surface area contributed by atoms with Gasteiger partial charge in [-0.2, -0.15) is 5.92 Å². The van der Waals surface area contributed by atoms with Gasteiger partial charge in [-0.1, -0.05) is 70.6 Å². The van der Waals surface area contributed by atoms with Gasteiger partial charge in [-0.3, -0.25) is 0 Å². The minimum atomic E-state index is 0. The summed E-state index contributed by atoms with van der Waals surface area (Å²) in [7, 11) is 0. The fraction of sp³-hybridized carbons (Fsp3) is 0.950. The molecule has 0 atom stereocenters. The minimum absolute atomic E-state index is 0. The zero-order valence-corrected chi connectivity index (χ0v) is 16.9. The Balaban J connectivity index is 0.00000161. The second-order valence-electron chi connectivity index (χ2n) is 8.30. The quantitative estimate of drug-likeness (QED) is 0.508. The normalized spacial score (nSPS) is 38.7. The van der Waals surface area contributed by atoms with Crippen LogP contribution in [-0.2, 0) is 32.7 Å². The zero-order valence-electron chi connectivity index (χ0n) is 14.1. The Hall–Kier alpha value is 1.10. The van der Waals surface area contributed by atoms with Crippen LogP contribution in [0.5, 0.6) is 0 Å². The molecule has 3 fully saturated rings. The molecule has 3 aliphatic rings. The zero-order chi connectivity index (χ0) is 13.8. The molecular weight excluding hydrogens is 329 g/mol. The molecule has 3 aliphatic carbocycles. The monoisotopic (exact) mass is 364 g/mol. The smallest absolute Gasteiger partial charge is 0 e. The van der Waals surface area contributed by atoms with Gasteiger partial charge in [-0.25, -0.2) is 0 Å². The standard InChI is InChI=1S/C20H35.Y/c1-16-7-11-19(12-8-16)20-13-9-18(10-14-20)15-17-5-3-2-4-6-17;/h16-20H,1-15H2;/q-1;. The molecule has 0 aromatic carbocycles.